The van der Waals surface area contributed by atoms with Gasteiger partial charge in [-0.2, -0.15) is 0 Å². The first-order chi connectivity index (χ1) is 11.0. The maximum absolute atomic E-state index is 11.6. The van der Waals surface area contributed by atoms with Gasteiger partial charge in [0.2, 0.25) is 17.9 Å². The number of ketones is 2. The molecule has 1 fully saturated rings. The predicted octanol–water partition coefficient (Wildman–Crippen LogP) is 0.726. The number of carbonyl (C=O) groups excluding carboxylic acids is 2. The van der Waals surface area contributed by atoms with E-state index < -0.39 is 36.2 Å². The summed E-state index contributed by atoms with van der Waals surface area (Å²) in [5.74, 6) is -1.08. The molecule has 0 aliphatic carbocycles. The number of aliphatic hydroxyl groups is 1. The van der Waals surface area contributed by atoms with Gasteiger partial charge in [-0.25, -0.2) is 4.79 Å². The molecule has 0 saturated carbocycles. The van der Waals surface area contributed by atoms with Crippen LogP contribution in [0.15, 0.2) is 33.5 Å². The van der Waals surface area contributed by atoms with Crippen LogP contribution in [-0.4, -0.2) is 35.7 Å². The number of fused-ring (bicyclic) bond motifs is 1. The van der Waals surface area contributed by atoms with Crippen LogP contribution in [0.2, 0.25) is 0 Å². The van der Waals surface area contributed by atoms with E-state index in [-0.39, 0.29) is 6.42 Å². The Hall–Kier alpha value is -2.51. The lowest BCUT2D eigenvalue weighted by atomic mass is 10.1. The predicted molar refractivity (Wildman–Crippen MR) is 78.2 cm³/mol. The van der Waals surface area contributed by atoms with E-state index in [9.17, 15) is 14.4 Å². The molecule has 23 heavy (non-hydrogen) atoms. The monoisotopic (exact) mass is 318 g/mol. The molecule has 1 aromatic heterocycles. The molecule has 1 aromatic carbocycles. The summed E-state index contributed by atoms with van der Waals surface area (Å²) in [6.45, 7) is 1.20. The minimum Gasteiger partial charge on any atom is -0.464 e. The Morgan fingerprint density at radius 1 is 1.26 bits per heavy atom. The lowest BCUT2D eigenvalue weighted by Gasteiger charge is -2.27. The Labute approximate surface area is 130 Å². The standard InChI is InChI=1S/C16H14O7/c1-8-4-14(19)22-12-5-9(2-3-10(8)12)21-15-6-11(18)16(20)13(7-17)23-15/h2-5,13,15,17H,6-7H2,1H3. The van der Waals surface area contributed by atoms with Crippen molar-refractivity contribution in [1.29, 1.82) is 0 Å². The maximum Gasteiger partial charge on any atom is 0.336 e. The van der Waals surface area contributed by atoms with Gasteiger partial charge in [-0.05, 0) is 24.6 Å². The quantitative estimate of drug-likeness (QED) is 0.657. The van der Waals surface area contributed by atoms with E-state index in [1.165, 1.54) is 12.1 Å². The molecule has 0 amide bonds. The van der Waals surface area contributed by atoms with Gasteiger partial charge in [-0.15, -0.1) is 0 Å². The molecule has 2 unspecified atom stereocenters. The molecule has 2 aromatic rings. The third-order valence-electron chi connectivity index (χ3n) is 3.59. The SMILES string of the molecule is Cc1cc(=O)oc2cc(OC3CC(=O)C(=O)C(CO)O3)ccc12. The lowest BCUT2D eigenvalue weighted by Crippen LogP contribution is -2.46. The second kappa shape index (κ2) is 5.94. The van der Waals surface area contributed by atoms with Crippen LogP contribution in [0.1, 0.15) is 12.0 Å². The first kappa shape index (κ1) is 15.4. The maximum atomic E-state index is 11.6. The molecule has 1 saturated heterocycles. The number of aryl methyl sites for hydroxylation is 1. The average molecular weight is 318 g/mol. The van der Waals surface area contributed by atoms with Crippen molar-refractivity contribution in [2.75, 3.05) is 6.61 Å². The van der Waals surface area contributed by atoms with E-state index in [1.54, 1.807) is 19.1 Å². The minimum absolute atomic E-state index is 0.231. The molecule has 3 rings (SSSR count). The van der Waals surface area contributed by atoms with Crippen LogP contribution in [0.5, 0.6) is 5.75 Å². The fourth-order valence-corrected chi connectivity index (χ4v) is 2.45. The zero-order valence-corrected chi connectivity index (χ0v) is 12.3. The number of hydrogen-bond acceptors (Lipinski definition) is 7. The van der Waals surface area contributed by atoms with Gasteiger partial charge in [0.15, 0.2) is 6.10 Å². The average Bonchev–Trinajstić information content (AvgIpc) is 2.50. The van der Waals surface area contributed by atoms with Crippen molar-refractivity contribution < 1.29 is 28.6 Å². The van der Waals surface area contributed by atoms with Gasteiger partial charge in [-0.3, -0.25) is 9.59 Å². The van der Waals surface area contributed by atoms with Gasteiger partial charge in [0.25, 0.3) is 0 Å². The van der Waals surface area contributed by atoms with Crippen molar-refractivity contribution in [3.8, 4) is 5.75 Å². The molecule has 120 valence electrons. The molecule has 7 heteroatoms. The first-order valence-corrected chi connectivity index (χ1v) is 7.02. The highest BCUT2D eigenvalue weighted by molar-refractivity contribution is 6.39. The van der Waals surface area contributed by atoms with Gasteiger partial charge in [0.1, 0.15) is 11.3 Å². The lowest BCUT2D eigenvalue weighted by molar-refractivity contribution is -0.179. The summed E-state index contributed by atoms with van der Waals surface area (Å²) in [6.07, 6.45) is -2.42. The van der Waals surface area contributed by atoms with E-state index in [0.29, 0.717) is 11.3 Å². The minimum atomic E-state index is -1.21. The molecule has 0 radical (unpaired) electrons. The summed E-state index contributed by atoms with van der Waals surface area (Å²) in [4.78, 5) is 34.5. The fraction of sp³-hybridized carbons (Fsp3) is 0.312. The summed E-state index contributed by atoms with van der Waals surface area (Å²) in [5.41, 5.74) is 0.657. The van der Waals surface area contributed by atoms with E-state index in [1.807, 2.05) is 0 Å². The topological polar surface area (TPSA) is 103 Å². The summed E-state index contributed by atoms with van der Waals surface area (Å²) >= 11 is 0. The second-order valence-electron chi connectivity index (χ2n) is 5.25. The largest absolute Gasteiger partial charge is 0.464 e. The highest BCUT2D eigenvalue weighted by Crippen LogP contribution is 2.25. The summed E-state index contributed by atoms with van der Waals surface area (Å²) in [7, 11) is 0. The van der Waals surface area contributed by atoms with Crippen LogP contribution in [0.25, 0.3) is 11.0 Å². The van der Waals surface area contributed by atoms with Gasteiger partial charge >= 0.3 is 5.63 Å². The second-order valence-corrected chi connectivity index (χ2v) is 5.25. The number of Topliss-reactive ketones (excluding diaryl/α,β-unsaturated/α-hetero) is 2. The van der Waals surface area contributed by atoms with E-state index in [4.69, 9.17) is 19.0 Å². The van der Waals surface area contributed by atoms with Crippen LogP contribution >= 0.6 is 0 Å². The highest BCUT2D eigenvalue weighted by atomic mass is 16.7. The normalized spacial score (nSPS) is 21.7. The third kappa shape index (κ3) is 3.01. The summed E-state index contributed by atoms with van der Waals surface area (Å²) in [6, 6.07) is 6.28. The number of rotatable bonds is 3. The van der Waals surface area contributed by atoms with E-state index in [2.05, 4.69) is 0 Å². The van der Waals surface area contributed by atoms with Crippen LogP contribution in [-0.2, 0) is 14.3 Å². The van der Waals surface area contributed by atoms with Crippen molar-refractivity contribution in [2.45, 2.75) is 25.7 Å². The Morgan fingerprint density at radius 3 is 2.78 bits per heavy atom. The molecule has 2 heterocycles. The van der Waals surface area contributed by atoms with E-state index >= 15 is 0 Å². The summed E-state index contributed by atoms with van der Waals surface area (Å²) < 4.78 is 15.9. The van der Waals surface area contributed by atoms with Gasteiger partial charge in [0, 0.05) is 17.5 Å². The number of benzene rings is 1. The number of hydrogen-bond donors (Lipinski definition) is 1. The van der Waals surface area contributed by atoms with Crippen molar-refractivity contribution in [1.82, 2.24) is 0 Å². The molecular formula is C16H14O7. The molecule has 2 atom stereocenters. The van der Waals surface area contributed by atoms with Gasteiger partial charge in [0.05, 0.1) is 13.0 Å². The van der Waals surface area contributed by atoms with Gasteiger partial charge < -0.3 is 19.0 Å². The van der Waals surface area contributed by atoms with Crippen LogP contribution in [0, 0.1) is 6.92 Å². The smallest absolute Gasteiger partial charge is 0.336 e. The summed E-state index contributed by atoms with van der Waals surface area (Å²) in [5, 5.41) is 9.83. The zero-order valence-electron chi connectivity index (χ0n) is 12.3. The van der Waals surface area contributed by atoms with Crippen molar-refractivity contribution in [3.05, 3.63) is 40.2 Å². The van der Waals surface area contributed by atoms with Crippen molar-refractivity contribution in [2.24, 2.45) is 0 Å². The Bertz CT molecular complexity index is 836. The molecule has 7 nitrogen and oxygen atoms in total. The van der Waals surface area contributed by atoms with E-state index in [0.717, 1.165) is 10.9 Å². The van der Waals surface area contributed by atoms with Crippen LogP contribution in [0.4, 0.5) is 0 Å². The number of carbonyl (C=O) groups is 2. The zero-order chi connectivity index (χ0) is 16.6. The van der Waals surface area contributed by atoms with Crippen LogP contribution < -0.4 is 10.4 Å². The number of aliphatic hydroxyl groups excluding tert-OH is 1. The highest BCUT2D eigenvalue weighted by Gasteiger charge is 2.36. The van der Waals surface area contributed by atoms with Gasteiger partial charge in [-0.1, -0.05) is 0 Å². The molecule has 0 spiro atoms. The van der Waals surface area contributed by atoms with Crippen LogP contribution in [0.3, 0.4) is 0 Å². The van der Waals surface area contributed by atoms with Crippen molar-refractivity contribution in [3.63, 3.8) is 0 Å². The Balaban J connectivity index is 1.85. The molecule has 1 N–H and O–H groups in total. The Kier molecular flexibility index (Phi) is 3.97. The first-order valence-electron chi connectivity index (χ1n) is 7.02. The van der Waals surface area contributed by atoms with Crippen molar-refractivity contribution >= 4 is 22.5 Å². The Morgan fingerprint density at radius 2 is 2.04 bits per heavy atom. The molecular weight excluding hydrogens is 304 g/mol. The number of ether oxygens (including phenoxy) is 2. The third-order valence-corrected chi connectivity index (χ3v) is 3.59. The molecule has 1 aliphatic heterocycles. The molecule has 0 bridgehead atoms. The fourth-order valence-electron chi connectivity index (χ4n) is 2.45. The molecule has 1 aliphatic rings.